The van der Waals surface area contributed by atoms with E-state index in [1.807, 2.05) is 0 Å². The average molecular weight is 348 g/mol. The van der Waals surface area contributed by atoms with Crippen LogP contribution in [0.25, 0.3) is 0 Å². The van der Waals surface area contributed by atoms with Crippen LogP contribution in [0.15, 0.2) is 40.9 Å². The second-order valence-corrected chi connectivity index (χ2v) is 5.41. The summed E-state index contributed by atoms with van der Waals surface area (Å²) in [6.07, 6.45) is -0.835. The number of rotatable bonds is 3. The van der Waals surface area contributed by atoms with Gasteiger partial charge in [-0.3, -0.25) is 0 Å². The highest BCUT2D eigenvalue weighted by molar-refractivity contribution is 9.10. The van der Waals surface area contributed by atoms with Gasteiger partial charge in [-0.1, -0.05) is 39.7 Å². The Balaban J connectivity index is 2.23. The highest BCUT2D eigenvalue weighted by Crippen LogP contribution is 2.28. The smallest absolute Gasteiger partial charge is 0.127 e. The molecule has 2 aromatic carbocycles. The lowest BCUT2D eigenvalue weighted by atomic mass is 10.0. The van der Waals surface area contributed by atoms with Gasteiger partial charge >= 0.3 is 0 Å². The van der Waals surface area contributed by atoms with Crippen molar-refractivity contribution in [3.63, 3.8) is 0 Å². The fourth-order valence-electron chi connectivity index (χ4n) is 1.78. The Morgan fingerprint density at radius 1 is 1.16 bits per heavy atom. The third-order valence-electron chi connectivity index (χ3n) is 2.75. The quantitative estimate of drug-likeness (QED) is 0.856. The molecule has 5 heteroatoms. The number of hydrogen-bond acceptors (Lipinski definition) is 1. The highest BCUT2D eigenvalue weighted by atomic mass is 79.9. The Bertz CT molecular complexity index is 604. The molecule has 0 heterocycles. The highest BCUT2D eigenvalue weighted by Gasteiger charge is 2.15. The third kappa shape index (κ3) is 3.53. The molecule has 100 valence electrons. The summed E-state index contributed by atoms with van der Waals surface area (Å²) in [5.41, 5.74) is 0.865. The lowest BCUT2D eigenvalue weighted by Crippen LogP contribution is -2.04. The summed E-state index contributed by atoms with van der Waals surface area (Å²) < 4.78 is 27.0. The number of aliphatic hydroxyl groups excluding tert-OH is 1. The van der Waals surface area contributed by atoms with E-state index in [0.717, 1.165) is 0 Å². The lowest BCUT2D eigenvalue weighted by Gasteiger charge is -2.13. The minimum absolute atomic E-state index is 0.0905. The SMILES string of the molecule is OC(Cc1ccc(Cl)cc1F)c1ccc(F)cc1Br. The minimum atomic E-state index is -0.925. The maximum atomic E-state index is 13.6. The molecule has 2 aromatic rings. The predicted molar refractivity (Wildman–Crippen MR) is 74.2 cm³/mol. The number of benzene rings is 2. The Kier molecular flexibility index (Phi) is 4.55. The molecule has 0 fully saturated rings. The fourth-order valence-corrected chi connectivity index (χ4v) is 2.55. The molecule has 2 rings (SSSR count). The zero-order valence-electron chi connectivity index (χ0n) is 9.71. The van der Waals surface area contributed by atoms with E-state index in [2.05, 4.69) is 15.9 Å². The summed E-state index contributed by atoms with van der Waals surface area (Å²) in [6, 6.07) is 8.27. The van der Waals surface area contributed by atoms with Crippen LogP contribution >= 0.6 is 27.5 Å². The van der Waals surface area contributed by atoms with Crippen LogP contribution in [0.1, 0.15) is 17.2 Å². The largest absolute Gasteiger partial charge is 0.388 e. The fraction of sp³-hybridized carbons (Fsp3) is 0.143. The molecule has 0 aliphatic heterocycles. The van der Waals surface area contributed by atoms with Crippen LogP contribution in [0.4, 0.5) is 8.78 Å². The van der Waals surface area contributed by atoms with Gasteiger partial charge in [0.05, 0.1) is 6.10 Å². The van der Waals surface area contributed by atoms with E-state index < -0.39 is 17.7 Å². The van der Waals surface area contributed by atoms with Gasteiger partial charge in [0.25, 0.3) is 0 Å². The van der Waals surface area contributed by atoms with Gasteiger partial charge in [-0.2, -0.15) is 0 Å². The van der Waals surface area contributed by atoms with Gasteiger partial charge in [0, 0.05) is 15.9 Å². The molecule has 1 N–H and O–H groups in total. The van der Waals surface area contributed by atoms with Crippen LogP contribution in [0.3, 0.4) is 0 Å². The maximum absolute atomic E-state index is 13.6. The van der Waals surface area contributed by atoms with E-state index in [1.54, 1.807) is 6.07 Å². The number of hydrogen-bond donors (Lipinski definition) is 1. The van der Waals surface area contributed by atoms with Crippen molar-refractivity contribution >= 4 is 27.5 Å². The van der Waals surface area contributed by atoms with Gasteiger partial charge in [0.15, 0.2) is 0 Å². The molecule has 0 aliphatic rings. The molecule has 0 amide bonds. The first-order valence-corrected chi connectivity index (χ1v) is 6.71. The minimum Gasteiger partial charge on any atom is -0.388 e. The first-order valence-electron chi connectivity index (χ1n) is 5.54. The topological polar surface area (TPSA) is 20.2 Å². The van der Waals surface area contributed by atoms with Crippen LogP contribution < -0.4 is 0 Å². The molecule has 0 radical (unpaired) electrons. The number of aliphatic hydroxyl groups is 1. The van der Waals surface area contributed by atoms with Gasteiger partial charge in [0.2, 0.25) is 0 Å². The van der Waals surface area contributed by atoms with E-state index in [4.69, 9.17) is 11.6 Å². The Labute approximate surface area is 123 Å². The Hall–Kier alpha value is -0.970. The summed E-state index contributed by atoms with van der Waals surface area (Å²) in [7, 11) is 0. The van der Waals surface area contributed by atoms with Crippen molar-refractivity contribution in [3.8, 4) is 0 Å². The van der Waals surface area contributed by atoms with Crippen molar-refractivity contribution < 1.29 is 13.9 Å². The summed E-state index contributed by atoms with van der Waals surface area (Å²) in [5, 5.41) is 10.4. The van der Waals surface area contributed by atoms with Gasteiger partial charge in [-0.15, -0.1) is 0 Å². The van der Waals surface area contributed by atoms with Crippen LogP contribution in [0, 0.1) is 11.6 Å². The normalized spacial score (nSPS) is 12.5. The summed E-state index contributed by atoms with van der Waals surface area (Å²) in [5.74, 6) is -0.870. The average Bonchev–Trinajstić information content (AvgIpc) is 2.32. The van der Waals surface area contributed by atoms with Crippen molar-refractivity contribution in [1.29, 1.82) is 0 Å². The Morgan fingerprint density at radius 3 is 2.53 bits per heavy atom. The van der Waals surface area contributed by atoms with Crippen LogP contribution in [0.5, 0.6) is 0 Å². The maximum Gasteiger partial charge on any atom is 0.127 e. The van der Waals surface area contributed by atoms with Gasteiger partial charge in [0.1, 0.15) is 11.6 Å². The molecule has 0 saturated carbocycles. The van der Waals surface area contributed by atoms with E-state index in [0.29, 0.717) is 20.6 Å². The lowest BCUT2D eigenvalue weighted by molar-refractivity contribution is 0.176. The molecule has 1 unspecified atom stereocenters. The molecule has 0 spiro atoms. The third-order valence-corrected chi connectivity index (χ3v) is 3.67. The Morgan fingerprint density at radius 2 is 1.89 bits per heavy atom. The second kappa shape index (κ2) is 5.99. The van der Waals surface area contributed by atoms with Gasteiger partial charge < -0.3 is 5.11 Å². The van der Waals surface area contributed by atoms with Crippen molar-refractivity contribution in [3.05, 3.63) is 68.7 Å². The van der Waals surface area contributed by atoms with Gasteiger partial charge in [-0.25, -0.2) is 8.78 Å². The number of halogens is 4. The molecule has 1 nitrogen and oxygen atoms in total. The summed E-state index contributed by atoms with van der Waals surface area (Å²) >= 11 is 8.84. The second-order valence-electron chi connectivity index (χ2n) is 4.12. The standard InChI is InChI=1S/C14H10BrClF2O/c15-12-7-10(17)3-4-11(12)14(19)5-8-1-2-9(16)6-13(8)18/h1-4,6-7,14,19H,5H2. The van der Waals surface area contributed by atoms with Crippen molar-refractivity contribution in [1.82, 2.24) is 0 Å². The zero-order valence-corrected chi connectivity index (χ0v) is 12.0. The molecule has 0 aliphatic carbocycles. The summed E-state index contributed by atoms with van der Waals surface area (Å²) in [6.45, 7) is 0. The first kappa shape index (κ1) is 14.4. The molecular formula is C14H10BrClF2O. The molecular weight excluding hydrogens is 338 g/mol. The van der Waals surface area contributed by atoms with E-state index in [9.17, 15) is 13.9 Å². The predicted octanol–water partition coefficient (Wildman–Crippen LogP) is 4.66. The monoisotopic (exact) mass is 346 g/mol. The van der Waals surface area contributed by atoms with Crippen molar-refractivity contribution in [2.75, 3.05) is 0 Å². The van der Waals surface area contributed by atoms with Crippen LogP contribution in [-0.2, 0) is 6.42 Å². The molecule has 19 heavy (non-hydrogen) atoms. The molecule has 0 aromatic heterocycles. The van der Waals surface area contributed by atoms with E-state index in [-0.39, 0.29) is 6.42 Å². The van der Waals surface area contributed by atoms with Crippen LogP contribution in [-0.4, -0.2) is 5.11 Å². The molecule has 1 atom stereocenters. The van der Waals surface area contributed by atoms with E-state index >= 15 is 0 Å². The molecule has 0 saturated heterocycles. The van der Waals surface area contributed by atoms with Crippen LogP contribution in [0.2, 0.25) is 5.02 Å². The van der Waals surface area contributed by atoms with Crippen molar-refractivity contribution in [2.24, 2.45) is 0 Å². The molecule has 0 bridgehead atoms. The van der Waals surface area contributed by atoms with Crippen molar-refractivity contribution in [2.45, 2.75) is 12.5 Å². The zero-order chi connectivity index (χ0) is 14.0. The van der Waals surface area contributed by atoms with E-state index in [1.165, 1.54) is 30.3 Å². The summed E-state index contributed by atoms with van der Waals surface area (Å²) in [4.78, 5) is 0. The van der Waals surface area contributed by atoms with Gasteiger partial charge in [-0.05, 0) is 35.4 Å². The first-order chi connectivity index (χ1) is 8.97.